The second-order valence-corrected chi connectivity index (χ2v) is 15.7. The Bertz CT molecular complexity index is 1150. The molecule has 64 heavy (non-hydrogen) atoms. The van der Waals surface area contributed by atoms with E-state index < -0.39 is 30.3 Å². The van der Waals surface area contributed by atoms with Gasteiger partial charge in [0.15, 0.2) is 6.29 Å². The van der Waals surface area contributed by atoms with Crippen molar-refractivity contribution in [3.63, 3.8) is 0 Å². The molecular weight excluding hydrogens is 815 g/mol. The number of unbranched alkanes of at least 4 members (excludes halogenated alkanes) is 9. The number of hydrogen-bond acceptors (Lipinski definition) is 12. The van der Waals surface area contributed by atoms with Gasteiger partial charge in [0.05, 0.1) is 18.9 Å². The second-order valence-electron chi connectivity index (χ2n) is 15.7. The molecule has 0 aromatic heterocycles. The van der Waals surface area contributed by atoms with Gasteiger partial charge in [0.2, 0.25) is 0 Å². The molecule has 2 atom stereocenters. The smallest absolute Gasteiger partial charge is 0.465 e. The molecule has 0 radical (unpaired) electrons. The lowest BCUT2D eigenvalue weighted by molar-refractivity contribution is -0.161. The van der Waals surface area contributed by atoms with E-state index >= 15 is 0 Å². The van der Waals surface area contributed by atoms with Gasteiger partial charge in [-0.25, -0.2) is 4.79 Å². The van der Waals surface area contributed by atoms with Crippen molar-refractivity contribution in [2.24, 2.45) is 11.8 Å². The number of piperidine rings is 1. The maximum absolute atomic E-state index is 13.0. The van der Waals surface area contributed by atoms with E-state index in [0.29, 0.717) is 32.5 Å². The summed E-state index contributed by atoms with van der Waals surface area (Å²) in [6, 6.07) is 0. The highest BCUT2D eigenvalue weighted by Crippen LogP contribution is 2.17. The molecular formula is C52H95NO11. The van der Waals surface area contributed by atoms with Crippen LogP contribution in [0.5, 0.6) is 0 Å². The fourth-order valence-corrected chi connectivity index (χ4v) is 6.50. The summed E-state index contributed by atoms with van der Waals surface area (Å²) in [7, 11) is 0. The Labute approximate surface area is 390 Å². The summed E-state index contributed by atoms with van der Waals surface area (Å²) in [6.45, 7) is 20.6. The van der Waals surface area contributed by atoms with Crippen molar-refractivity contribution in [2.75, 3.05) is 65.9 Å². The predicted octanol–water partition coefficient (Wildman–Crippen LogP) is 12.7. The molecule has 1 fully saturated rings. The van der Waals surface area contributed by atoms with Crippen LogP contribution in [0.4, 0.5) is 4.79 Å². The van der Waals surface area contributed by atoms with E-state index in [1.807, 2.05) is 39.8 Å². The zero-order valence-electron chi connectivity index (χ0n) is 42.1. The lowest BCUT2D eigenvalue weighted by Gasteiger charge is -2.31. The van der Waals surface area contributed by atoms with Crippen LogP contribution in [0, 0.1) is 11.8 Å². The SMILES string of the molecule is CC.CC.CC/C=C\CCCCOC(CCC(=O)OCC(COC(=O)CCCCC(=O)OC/C=C/CCCCCC)COC(=O)OCC1CCCN(CC)C1)OCCCC/C=C\CC. The molecule has 374 valence electrons. The largest absolute Gasteiger partial charge is 0.508 e. The third-order valence-electron chi connectivity index (χ3n) is 10.2. The van der Waals surface area contributed by atoms with Crippen LogP contribution in [0.3, 0.4) is 0 Å². The van der Waals surface area contributed by atoms with Crippen molar-refractivity contribution in [1.29, 1.82) is 0 Å². The molecule has 0 N–H and O–H groups in total. The molecule has 0 spiro atoms. The van der Waals surface area contributed by atoms with Crippen LogP contribution in [0.15, 0.2) is 36.5 Å². The fourth-order valence-electron chi connectivity index (χ4n) is 6.50. The summed E-state index contributed by atoms with van der Waals surface area (Å²) in [5.41, 5.74) is 0. The molecule has 0 aromatic carbocycles. The van der Waals surface area contributed by atoms with Gasteiger partial charge in [-0.2, -0.15) is 0 Å². The normalized spacial score (nSPS) is 14.5. The number of carbonyl (C=O) groups is 4. The summed E-state index contributed by atoms with van der Waals surface area (Å²) in [5, 5.41) is 0. The molecule has 0 aromatic rings. The fraction of sp³-hybridized carbons (Fsp3) is 0.808. The van der Waals surface area contributed by atoms with E-state index in [1.165, 1.54) is 19.3 Å². The van der Waals surface area contributed by atoms with E-state index in [2.05, 4.69) is 56.9 Å². The van der Waals surface area contributed by atoms with E-state index in [0.717, 1.165) is 96.7 Å². The molecule has 1 rings (SSSR count). The molecule has 1 saturated heterocycles. The highest BCUT2D eigenvalue weighted by Gasteiger charge is 2.23. The molecule has 0 aliphatic carbocycles. The average molecular weight is 910 g/mol. The van der Waals surface area contributed by atoms with Crippen LogP contribution in [-0.2, 0) is 47.5 Å². The number of ether oxygens (including phenoxy) is 7. The Morgan fingerprint density at radius 1 is 0.578 bits per heavy atom. The van der Waals surface area contributed by atoms with Gasteiger partial charge in [-0.05, 0) is 103 Å². The first-order valence-corrected chi connectivity index (χ1v) is 25.5. The summed E-state index contributed by atoms with van der Waals surface area (Å²) in [4.78, 5) is 52.6. The quantitative estimate of drug-likeness (QED) is 0.0192. The Morgan fingerprint density at radius 3 is 1.67 bits per heavy atom. The lowest BCUT2D eigenvalue weighted by atomic mass is 9.99. The standard InChI is InChI=1S/C48H83NO11.2C2H6/c1-5-9-12-15-18-21-24-34-54-44(50)29-22-23-30-45(51)57-39-43(41-60-48(53)59-38-42-28-27-33-49(8-4)37-42)40-58-46(52)31-32-47(55-35-25-19-16-13-10-6-2)56-36-26-20-17-14-11-7-3;2*1-2/h10-11,13-14,21,24,42-43,47H,5-9,12,15-20,22-23,25-41H2,1-4H3;2*1-2H3/b13-10-,14-11-,24-21+;;. The monoisotopic (exact) mass is 910 g/mol. The molecule has 0 amide bonds. The Morgan fingerprint density at radius 2 is 1.11 bits per heavy atom. The topological polar surface area (TPSA) is 136 Å². The number of likely N-dealkylation sites (tertiary alicyclic amines) is 1. The third-order valence-corrected chi connectivity index (χ3v) is 10.2. The van der Waals surface area contributed by atoms with Gasteiger partial charge in [-0.3, -0.25) is 14.4 Å². The minimum Gasteiger partial charge on any atom is -0.465 e. The van der Waals surface area contributed by atoms with Gasteiger partial charge in [-0.1, -0.05) is 111 Å². The van der Waals surface area contributed by atoms with Gasteiger partial charge in [0.25, 0.3) is 0 Å². The van der Waals surface area contributed by atoms with E-state index in [9.17, 15) is 19.2 Å². The number of hydrogen-bond donors (Lipinski definition) is 0. The van der Waals surface area contributed by atoms with Crippen LogP contribution in [0.25, 0.3) is 0 Å². The number of carbonyl (C=O) groups excluding carboxylic acids is 4. The van der Waals surface area contributed by atoms with Crippen LogP contribution in [0.2, 0.25) is 0 Å². The number of allylic oxidation sites excluding steroid dienone is 5. The molecule has 2 unspecified atom stereocenters. The van der Waals surface area contributed by atoms with E-state index in [1.54, 1.807) is 0 Å². The maximum Gasteiger partial charge on any atom is 0.508 e. The summed E-state index contributed by atoms with van der Waals surface area (Å²) in [6.07, 6.45) is 28.7. The van der Waals surface area contributed by atoms with Gasteiger partial charge in [0.1, 0.15) is 26.4 Å². The maximum atomic E-state index is 13.0. The minimum atomic E-state index is -0.805. The van der Waals surface area contributed by atoms with Crippen LogP contribution in [-0.4, -0.2) is 101 Å². The number of rotatable bonds is 38. The third kappa shape index (κ3) is 41.5. The lowest BCUT2D eigenvalue weighted by Crippen LogP contribution is -2.37. The molecule has 12 nitrogen and oxygen atoms in total. The molecule has 0 saturated carbocycles. The molecule has 1 aliphatic rings. The Kier molecular flexibility index (Phi) is 48.3. The molecule has 1 heterocycles. The highest BCUT2D eigenvalue weighted by atomic mass is 16.7. The molecule has 0 bridgehead atoms. The Balaban J connectivity index is 0. The van der Waals surface area contributed by atoms with E-state index in [-0.39, 0.29) is 64.2 Å². The molecule has 1 aliphatic heterocycles. The van der Waals surface area contributed by atoms with Crippen LogP contribution >= 0.6 is 0 Å². The first-order valence-electron chi connectivity index (χ1n) is 25.5. The van der Waals surface area contributed by atoms with Crippen molar-refractivity contribution < 1.29 is 52.3 Å². The van der Waals surface area contributed by atoms with Crippen molar-refractivity contribution in [3.05, 3.63) is 36.5 Å². The first kappa shape index (κ1) is 62.9. The van der Waals surface area contributed by atoms with Gasteiger partial charge < -0.3 is 38.1 Å². The molecule has 12 heteroatoms. The number of esters is 3. The predicted molar refractivity (Wildman–Crippen MR) is 259 cm³/mol. The second kappa shape index (κ2) is 49.2. The summed E-state index contributed by atoms with van der Waals surface area (Å²) in [5.74, 6) is -1.56. The van der Waals surface area contributed by atoms with Crippen molar-refractivity contribution in [1.82, 2.24) is 4.90 Å². The summed E-state index contributed by atoms with van der Waals surface area (Å²) >= 11 is 0. The first-order chi connectivity index (χ1) is 31.3. The van der Waals surface area contributed by atoms with Crippen LogP contribution in [0.1, 0.15) is 190 Å². The highest BCUT2D eigenvalue weighted by molar-refractivity contribution is 5.71. The van der Waals surface area contributed by atoms with Gasteiger partial charge >= 0.3 is 24.1 Å². The Hall–Kier alpha value is -3.22. The number of nitrogens with zero attached hydrogens (tertiary/aromatic N) is 1. The van der Waals surface area contributed by atoms with Gasteiger partial charge in [0, 0.05) is 44.9 Å². The van der Waals surface area contributed by atoms with E-state index in [4.69, 9.17) is 33.2 Å². The van der Waals surface area contributed by atoms with Crippen molar-refractivity contribution >= 4 is 24.1 Å². The van der Waals surface area contributed by atoms with Gasteiger partial charge in [-0.15, -0.1) is 0 Å². The van der Waals surface area contributed by atoms with Crippen molar-refractivity contribution in [2.45, 2.75) is 197 Å². The van der Waals surface area contributed by atoms with Crippen molar-refractivity contribution in [3.8, 4) is 0 Å². The minimum absolute atomic E-state index is 0.0759. The zero-order chi connectivity index (χ0) is 47.7. The zero-order valence-corrected chi connectivity index (χ0v) is 42.1. The average Bonchev–Trinajstić information content (AvgIpc) is 3.32. The summed E-state index contributed by atoms with van der Waals surface area (Å²) < 4.78 is 39.3. The van der Waals surface area contributed by atoms with Crippen LogP contribution < -0.4 is 0 Å².